The first-order valence-electron chi connectivity index (χ1n) is 8.47. The number of carbonyl (C=O) groups excluding carboxylic acids is 1. The number of aliphatic hydroxyl groups is 1. The van der Waals surface area contributed by atoms with Gasteiger partial charge in [-0.2, -0.15) is 0 Å². The molecule has 1 aliphatic rings. The number of benzene rings is 1. The Morgan fingerprint density at radius 3 is 2.83 bits per heavy atom. The number of hydrogen-bond donors (Lipinski definition) is 1. The number of rotatable bonds is 5. The molecule has 1 aromatic heterocycles. The lowest BCUT2D eigenvalue weighted by Gasteiger charge is -2.31. The van der Waals surface area contributed by atoms with Gasteiger partial charge in [0.25, 0.3) is 0 Å². The third-order valence-corrected chi connectivity index (χ3v) is 4.57. The predicted octanol–water partition coefficient (Wildman–Crippen LogP) is 1.57. The maximum Gasteiger partial charge on any atom is 0.244 e. The Hall–Kier alpha value is -2.28. The summed E-state index contributed by atoms with van der Waals surface area (Å²) in [5.74, 6) is 0.00876. The molecule has 7 nitrogen and oxygen atoms in total. The number of aromatic nitrogens is 4. The maximum absolute atomic E-state index is 12.7. The summed E-state index contributed by atoms with van der Waals surface area (Å²) < 4.78 is 1.44. The van der Waals surface area contributed by atoms with E-state index in [4.69, 9.17) is 0 Å². The molecular formula is C17H23N5O2. The predicted molar refractivity (Wildman–Crippen MR) is 87.8 cm³/mol. The van der Waals surface area contributed by atoms with E-state index in [9.17, 15) is 9.90 Å². The first-order valence-corrected chi connectivity index (χ1v) is 8.47. The molecule has 1 fully saturated rings. The monoisotopic (exact) mass is 329 g/mol. The van der Waals surface area contributed by atoms with Gasteiger partial charge < -0.3 is 10.0 Å². The van der Waals surface area contributed by atoms with E-state index >= 15 is 0 Å². The van der Waals surface area contributed by atoms with Crippen LogP contribution in [0.1, 0.15) is 43.8 Å². The first kappa shape index (κ1) is 16.6. The summed E-state index contributed by atoms with van der Waals surface area (Å²) in [6.45, 7) is 0.873. The van der Waals surface area contributed by atoms with E-state index in [2.05, 4.69) is 15.5 Å². The van der Waals surface area contributed by atoms with Crippen LogP contribution >= 0.6 is 0 Å². The normalized spacial score (nSPS) is 19.7. The molecule has 1 saturated heterocycles. The quantitative estimate of drug-likeness (QED) is 0.900. The Labute approximate surface area is 141 Å². The molecule has 1 aromatic carbocycles. The smallest absolute Gasteiger partial charge is 0.244 e. The molecule has 0 bridgehead atoms. The molecule has 2 heterocycles. The second kappa shape index (κ2) is 8.01. The highest BCUT2D eigenvalue weighted by Gasteiger charge is 2.28. The Kier molecular flexibility index (Phi) is 5.53. The largest absolute Gasteiger partial charge is 0.388 e. The van der Waals surface area contributed by atoms with Crippen LogP contribution in [0, 0.1) is 0 Å². The molecule has 128 valence electrons. The van der Waals surface area contributed by atoms with Gasteiger partial charge in [0.05, 0.1) is 6.10 Å². The van der Waals surface area contributed by atoms with Crippen LogP contribution in [0.5, 0.6) is 0 Å². The average molecular weight is 329 g/mol. The highest BCUT2D eigenvalue weighted by Crippen LogP contribution is 2.26. The molecule has 1 aliphatic heterocycles. The summed E-state index contributed by atoms with van der Waals surface area (Å²) in [7, 11) is 0. The highest BCUT2D eigenvalue weighted by molar-refractivity contribution is 5.76. The van der Waals surface area contributed by atoms with Crippen molar-refractivity contribution in [3.8, 4) is 0 Å². The Morgan fingerprint density at radius 1 is 1.25 bits per heavy atom. The fourth-order valence-corrected chi connectivity index (χ4v) is 3.30. The molecule has 1 amide bonds. The van der Waals surface area contributed by atoms with Crippen LogP contribution in [0.4, 0.5) is 0 Å². The molecule has 3 rings (SSSR count). The molecule has 0 aliphatic carbocycles. The summed E-state index contributed by atoms with van der Waals surface area (Å²) in [4.78, 5) is 14.6. The molecule has 7 heteroatoms. The van der Waals surface area contributed by atoms with Crippen molar-refractivity contribution in [2.75, 3.05) is 6.54 Å². The average Bonchev–Trinajstić information content (AvgIpc) is 3.00. The second-order valence-corrected chi connectivity index (χ2v) is 6.26. The molecular weight excluding hydrogens is 306 g/mol. The molecule has 0 saturated carbocycles. The van der Waals surface area contributed by atoms with Gasteiger partial charge in [-0.05, 0) is 35.3 Å². The van der Waals surface area contributed by atoms with Crippen LogP contribution < -0.4 is 0 Å². The molecule has 0 radical (unpaired) electrons. The van der Waals surface area contributed by atoms with Crippen LogP contribution in [0.3, 0.4) is 0 Å². The van der Waals surface area contributed by atoms with Crippen LogP contribution in [0.25, 0.3) is 0 Å². The second-order valence-electron chi connectivity index (χ2n) is 6.26. The summed E-state index contributed by atoms with van der Waals surface area (Å²) in [6.07, 6.45) is 5.57. The van der Waals surface area contributed by atoms with Crippen molar-refractivity contribution in [1.82, 2.24) is 25.1 Å². The molecule has 0 unspecified atom stereocenters. The minimum atomic E-state index is -0.558. The third-order valence-electron chi connectivity index (χ3n) is 4.57. The van der Waals surface area contributed by atoms with Crippen LogP contribution in [-0.4, -0.2) is 48.7 Å². The zero-order valence-corrected chi connectivity index (χ0v) is 13.7. The van der Waals surface area contributed by atoms with E-state index in [1.54, 1.807) is 0 Å². The summed E-state index contributed by atoms with van der Waals surface area (Å²) in [5, 5.41) is 21.4. The van der Waals surface area contributed by atoms with Gasteiger partial charge in [0.1, 0.15) is 12.9 Å². The van der Waals surface area contributed by atoms with Gasteiger partial charge in [-0.3, -0.25) is 4.79 Å². The fraction of sp³-hybridized carbons (Fsp3) is 0.529. The van der Waals surface area contributed by atoms with Gasteiger partial charge in [-0.1, -0.05) is 43.2 Å². The lowest BCUT2D eigenvalue weighted by atomic mass is 9.98. The van der Waals surface area contributed by atoms with Crippen LogP contribution in [-0.2, 0) is 11.3 Å². The third kappa shape index (κ3) is 4.17. The summed E-state index contributed by atoms with van der Waals surface area (Å²) >= 11 is 0. The van der Waals surface area contributed by atoms with Crippen molar-refractivity contribution in [2.24, 2.45) is 0 Å². The fourth-order valence-electron chi connectivity index (χ4n) is 3.30. The number of hydrogen-bond acceptors (Lipinski definition) is 5. The minimum Gasteiger partial charge on any atom is -0.388 e. The number of aliphatic hydroxyl groups excluding tert-OH is 1. The Morgan fingerprint density at radius 2 is 2.08 bits per heavy atom. The zero-order valence-electron chi connectivity index (χ0n) is 13.7. The molecule has 24 heavy (non-hydrogen) atoms. The standard InChI is InChI=1S/C17H23N5O2/c23-16(14-7-3-1-4-8-14)11-15-9-5-2-6-10-22(15)17(24)12-21-13-18-19-20-21/h1,3-4,7-8,13,15-16,23H,2,5-6,9-12H2/t15-,16-/m0/s1. The van der Waals surface area contributed by atoms with Crippen molar-refractivity contribution in [3.63, 3.8) is 0 Å². The van der Waals surface area contributed by atoms with Gasteiger partial charge in [-0.25, -0.2) is 4.68 Å². The number of nitrogens with zero attached hydrogens (tertiary/aromatic N) is 5. The number of tetrazole rings is 1. The van der Waals surface area contributed by atoms with E-state index < -0.39 is 6.10 Å². The lowest BCUT2D eigenvalue weighted by Crippen LogP contribution is -2.42. The Bertz CT molecular complexity index is 632. The van der Waals surface area contributed by atoms with E-state index in [1.807, 2.05) is 35.2 Å². The van der Waals surface area contributed by atoms with Crippen molar-refractivity contribution in [3.05, 3.63) is 42.2 Å². The number of amides is 1. The topological polar surface area (TPSA) is 84.1 Å². The maximum atomic E-state index is 12.7. The van der Waals surface area contributed by atoms with Gasteiger partial charge in [0.2, 0.25) is 5.91 Å². The molecule has 1 N–H and O–H groups in total. The van der Waals surface area contributed by atoms with Gasteiger partial charge in [0.15, 0.2) is 0 Å². The number of likely N-dealkylation sites (tertiary alicyclic amines) is 1. The molecule has 0 spiro atoms. The van der Waals surface area contributed by atoms with E-state index in [1.165, 1.54) is 11.0 Å². The van der Waals surface area contributed by atoms with E-state index in [0.717, 1.165) is 37.8 Å². The highest BCUT2D eigenvalue weighted by atomic mass is 16.3. The van der Waals surface area contributed by atoms with Crippen molar-refractivity contribution in [1.29, 1.82) is 0 Å². The lowest BCUT2D eigenvalue weighted by molar-refractivity contribution is -0.135. The van der Waals surface area contributed by atoms with Gasteiger partial charge in [-0.15, -0.1) is 5.10 Å². The number of carbonyl (C=O) groups is 1. The van der Waals surface area contributed by atoms with Gasteiger partial charge >= 0.3 is 0 Å². The van der Waals surface area contributed by atoms with E-state index in [-0.39, 0.29) is 18.5 Å². The molecule has 2 aromatic rings. The first-order chi connectivity index (χ1) is 11.7. The van der Waals surface area contributed by atoms with Gasteiger partial charge in [0, 0.05) is 12.6 Å². The summed E-state index contributed by atoms with van der Waals surface area (Å²) in [6, 6.07) is 9.68. The zero-order chi connectivity index (χ0) is 16.8. The van der Waals surface area contributed by atoms with Crippen molar-refractivity contribution in [2.45, 2.75) is 50.8 Å². The Balaban J connectivity index is 1.69. The van der Waals surface area contributed by atoms with Crippen molar-refractivity contribution < 1.29 is 9.90 Å². The SMILES string of the molecule is O=C(Cn1cnnn1)N1CCCCC[C@H]1C[C@H](O)c1ccccc1. The molecule has 2 atom stereocenters. The van der Waals surface area contributed by atoms with Crippen molar-refractivity contribution >= 4 is 5.91 Å². The van der Waals surface area contributed by atoms with E-state index in [0.29, 0.717) is 6.42 Å². The summed E-state index contributed by atoms with van der Waals surface area (Å²) in [5.41, 5.74) is 0.898. The van der Waals surface area contributed by atoms with Crippen LogP contribution in [0.2, 0.25) is 0 Å². The minimum absolute atomic E-state index is 0.00876. The van der Waals surface area contributed by atoms with Crippen LogP contribution in [0.15, 0.2) is 36.7 Å².